The fourth-order valence-electron chi connectivity index (χ4n) is 6.05. The second-order valence-electron chi connectivity index (χ2n) is 12.4. The van der Waals surface area contributed by atoms with Crippen LogP contribution in [0.2, 0.25) is 32.2 Å². The largest absolute Gasteiger partial charge is 0.400 e. The van der Waals surface area contributed by atoms with Crippen molar-refractivity contribution in [2.75, 3.05) is 6.54 Å². The molecule has 0 bridgehead atoms. The molecule has 198 valence electrons. The van der Waals surface area contributed by atoms with Crippen molar-refractivity contribution < 1.29 is 0 Å². The number of nitrogens with zero attached hydrogens (tertiary/aromatic N) is 1. The molecule has 0 aliphatic heterocycles. The third kappa shape index (κ3) is 8.48. The lowest BCUT2D eigenvalue weighted by Gasteiger charge is -2.40. The molecule has 0 saturated heterocycles. The maximum atomic E-state index is 2.88. The zero-order valence-corrected chi connectivity index (χ0v) is 26.1. The van der Waals surface area contributed by atoms with Gasteiger partial charge in [-0.15, -0.1) is 0 Å². The molecule has 1 aliphatic rings. The van der Waals surface area contributed by atoms with Crippen molar-refractivity contribution in [2.24, 2.45) is 5.92 Å². The average molecular weight is 520 g/mol. The molecule has 0 radical (unpaired) electrons. The first-order valence-electron chi connectivity index (χ1n) is 14.9. The second-order valence-corrected chi connectivity index (χ2v) is 21.3. The van der Waals surface area contributed by atoms with E-state index in [1.165, 1.54) is 83.2 Å². The molecule has 1 fully saturated rings. The number of unbranched alkanes of at least 4 members (excludes halogenated alkanes) is 5. The molecular formula is C33H53NSi2. The fraction of sp³-hybridized carbons (Fsp3) is 0.576. The minimum atomic E-state index is -1.79. The Balaban J connectivity index is 1.91. The van der Waals surface area contributed by atoms with E-state index in [1.807, 2.05) is 0 Å². The lowest BCUT2D eigenvalue weighted by molar-refractivity contribution is 0.395. The van der Waals surface area contributed by atoms with Crippen LogP contribution in [0, 0.1) is 5.92 Å². The summed E-state index contributed by atoms with van der Waals surface area (Å²) in [4.78, 5) is 0. The Morgan fingerprint density at radius 3 is 1.92 bits per heavy atom. The van der Waals surface area contributed by atoms with Gasteiger partial charge in [-0.2, -0.15) is 0 Å². The van der Waals surface area contributed by atoms with E-state index in [1.54, 1.807) is 15.9 Å². The Hall–Kier alpha value is -1.59. The smallest absolute Gasteiger partial charge is 0.181 e. The maximum Gasteiger partial charge on any atom is 0.181 e. The number of allylic oxidation sites excluding steroid dienone is 1. The van der Waals surface area contributed by atoms with E-state index in [-0.39, 0.29) is 0 Å². The molecule has 0 N–H and O–H groups in total. The van der Waals surface area contributed by atoms with Crippen LogP contribution >= 0.6 is 0 Å². The van der Waals surface area contributed by atoms with Gasteiger partial charge in [0, 0.05) is 6.54 Å². The number of rotatable bonds is 14. The summed E-state index contributed by atoms with van der Waals surface area (Å²) in [6, 6.07) is 24.2. The monoisotopic (exact) mass is 519 g/mol. The van der Waals surface area contributed by atoms with E-state index in [9.17, 15) is 0 Å². The molecule has 0 aromatic heterocycles. The van der Waals surface area contributed by atoms with Gasteiger partial charge in [0.2, 0.25) is 0 Å². The SMILES string of the molecule is CCCCCCCCN(/C=C(/C[Si](C)(C)c1ccccc1)C1CCCCC1)[Si](C)(C)c1ccccc1. The predicted octanol–water partition coefficient (Wildman–Crippen LogP) is 8.84. The van der Waals surface area contributed by atoms with Crippen LogP contribution in [0.15, 0.2) is 72.4 Å². The van der Waals surface area contributed by atoms with E-state index in [0.717, 1.165) is 5.92 Å². The molecule has 36 heavy (non-hydrogen) atoms. The third-order valence-electron chi connectivity index (χ3n) is 8.60. The molecule has 0 spiro atoms. The van der Waals surface area contributed by atoms with Crippen LogP contribution in [0.1, 0.15) is 77.6 Å². The summed E-state index contributed by atoms with van der Waals surface area (Å²) in [6.07, 6.45) is 18.0. The molecule has 2 aromatic carbocycles. The van der Waals surface area contributed by atoms with Crippen molar-refractivity contribution in [2.45, 2.75) is 110 Å². The topological polar surface area (TPSA) is 3.24 Å². The van der Waals surface area contributed by atoms with E-state index in [0.29, 0.717) is 0 Å². The van der Waals surface area contributed by atoms with Crippen molar-refractivity contribution >= 4 is 26.7 Å². The van der Waals surface area contributed by atoms with Crippen LogP contribution < -0.4 is 10.4 Å². The Morgan fingerprint density at radius 1 is 0.750 bits per heavy atom. The summed E-state index contributed by atoms with van der Waals surface area (Å²) >= 11 is 0. The lowest BCUT2D eigenvalue weighted by atomic mass is 9.84. The van der Waals surface area contributed by atoms with E-state index >= 15 is 0 Å². The number of benzene rings is 2. The van der Waals surface area contributed by atoms with Crippen LogP contribution in [0.5, 0.6) is 0 Å². The van der Waals surface area contributed by atoms with Gasteiger partial charge in [-0.1, -0.05) is 143 Å². The van der Waals surface area contributed by atoms with Gasteiger partial charge in [0.1, 0.15) is 0 Å². The Kier molecular flexibility index (Phi) is 11.6. The Labute approximate surface area is 225 Å². The normalized spacial score (nSPS) is 15.8. The molecule has 3 rings (SSSR count). The Morgan fingerprint density at radius 2 is 1.31 bits per heavy atom. The molecule has 1 saturated carbocycles. The van der Waals surface area contributed by atoms with Gasteiger partial charge in [0.15, 0.2) is 8.24 Å². The predicted molar refractivity (Wildman–Crippen MR) is 167 cm³/mol. The highest BCUT2D eigenvalue weighted by molar-refractivity contribution is 6.90. The van der Waals surface area contributed by atoms with Crippen molar-refractivity contribution in [3.05, 3.63) is 72.4 Å². The molecule has 0 atom stereocenters. The van der Waals surface area contributed by atoms with Gasteiger partial charge >= 0.3 is 0 Å². The number of hydrogen-bond acceptors (Lipinski definition) is 1. The molecule has 1 nitrogen and oxygen atoms in total. The minimum absolute atomic E-state index is 0.780. The van der Waals surface area contributed by atoms with Crippen LogP contribution in [-0.4, -0.2) is 27.4 Å². The first-order valence-corrected chi connectivity index (χ1v) is 21.1. The molecule has 0 unspecified atom stereocenters. The van der Waals surface area contributed by atoms with Crippen molar-refractivity contribution in [3.63, 3.8) is 0 Å². The summed E-state index contributed by atoms with van der Waals surface area (Å²) < 4.78 is 2.88. The highest BCUT2D eigenvalue weighted by Crippen LogP contribution is 2.35. The van der Waals surface area contributed by atoms with Crippen molar-refractivity contribution in [1.29, 1.82) is 0 Å². The minimum Gasteiger partial charge on any atom is -0.400 e. The molecule has 0 heterocycles. The molecule has 0 amide bonds. The summed E-state index contributed by atoms with van der Waals surface area (Å²) in [6.45, 7) is 13.9. The molecular weight excluding hydrogens is 467 g/mol. The first-order chi connectivity index (χ1) is 17.3. The van der Waals surface area contributed by atoms with Gasteiger partial charge in [-0.3, -0.25) is 0 Å². The van der Waals surface area contributed by atoms with Gasteiger partial charge < -0.3 is 4.57 Å². The number of hydrogen-bond donors (Lipinski definition) is 0. The van der Waals surface area contributed by atoms with Gasteiger partial charge in [-0.25, -0.2) is 0 Å². The molecule has 1 aliphatic carbocycles. The maximum absolute atomic E-state index is 2.88. The van der Waals surface area contributed by atoms with Gasteiger partial charge in [-0.05, 0) is 55.7 Å². The fourth-order valence-corrected chi connectivity index (χ4v) is 11.3. The quantitative estimate of drug-likeness (QED) is 0.178. The van der Waals surface area contributed by atoms with Crippen LogP contribution in [0.25, 0.3) is 0 Å². The zero-order valence-electron chi connectivity index (χ0n) is 24.1. The summed E-state index contributed by atoms with van der Waals surface area (Å²) in [5, 5.41) is 3.17. The summed E-state index contributed by atoms with van der Waals surface area (Å²) in [5.41, 5.74) is 1.78. The average Bonchev–Trinajstić information content (AvgIpc) is 2.90. The van der Waals surface area contributed by atoms with Crippen molar-refractivity contribution in [1.82, 2.24) is 4.57 Å². The zero-order chi connectivity index (χ0) is 25.9. The Bertz CT molecular complexity index is 898. The summed E-state index contributed by atoms with van der Waals surface area (Å²) in [5.74, 6) is 0.780. The lowest BCUT2D eigenvalue weighted by Crippen LogP contribution is -2.56. The van der Waals surface area contributed by atoms with Crippen molar-refractivity contribution in [3.8, 4) is 0 Å². The van der Waals surface area contributed by atoms with E-state index in [2.05, 4.69) is 105 Å². The van der Waals surface area contributed by atoms with Crippen LogP contribution in [0.3, 0.4) is 0 Å². The molecule has 3 heteroatoms. The third-order valence-corrected chi connectivity index (χ3v) is 15.3. The van der Waals surface area contributed by atoms with Gasteiger partial charge in [0.05, 0.1) is 8.07 Å². The highest BCUT2D eigenvalue weighted by atomic mass is 28.3. The molecule has 2 aromatic rings. The van der Waals surface area contributed by atoms with Crippen LogP contribution in [-0.2, 0) is 0 Å². The van der Waals surface area contributed by atoms with E-state index < -0.39 is 16.3 Å². The summed E-state index contributed by atoms with van der Waals surface area (Å²) in [7, 11) is -3.36. The second kappa shape index (κ2) is 14.4. The first kappa shape index (κ1) is 29.0. The van der Waals surface area contributed by atoms with Crippen LogP contribution in [0.4, 0.5) is 0 Å². The standard InChI is InChI=1S/C33H53NSi2/c1-6-7-8-9-10-20-27-34(36(4,5)33-25-18-13-19-26-33)28-31(30-21-14-11-15-22-30)29-35(2,3)32-23-16-12-17-24-32/h12-13,16-19,23-26,28,30H,6-11,14-15,20-22,27,29H2,1-5H3/b31-28-. The van der Waals surface area contributed by atoms with E-state index in [4.69, 9.17) is 0 Å². The van der Waals surface area contributed by atoms with Gasteiger partial charge in [0.25, 0.3) is 0 Å². The highest BCUT2D eigenvalue weighted by Gasteiger charge is 2.33.